The van der Waals surface area contributed by atoms with Crippen LogP contribution in [0.3, 0.4) is 0 Å². The Morgan fingerprint density at radius 2 is 1.78 bits per heavy atom. The highest BCUT2D eigenvalue weighted by Crippen LogP contribution is 2.24. The van der Waals surface area contributed by atoms with Crippen LogP contribution in [-0.4, -0.2) is 25.9 Å². The van der Waals surface area contributed by atoms with Crippen LogP contribution in [0.25, 0.3) is 0 Å². The van der Waals surface area contributed by atoms with Gasteiger partial charge in [-0.15, -0.1) is 10.2 Å². The molecule has 140 valence electrons. The van der Waals surface area contributed by atoms with E-state index in [9.17, 15) is 4.79 Å². The number of benzene rings is 2. The second-order valence-corrected chi connectivity index (χ2v) is 7.84. The predicted octanol–water partition coefficient (Wildman–Crippen LogP) is 4.26. The zero-order valence-electron chi connectivity index (χ0n) is 15.8. The fourth-order valence-electron chi connectivity index (χ4n) is 2.68. The van der Waals surface area contributed by atoms with Gasteiger partial charge in [0.05, 0.1) is 5.25 Å². The molecule has 0 bridgehead atoms. The molecule has 6 heteroatoms. The summed E-state index contributed by atoms with van der Waals surface area (Å²) in [6.07, 6.45) is 0.900. The van der Waals surface area contributed by atoms with E-state index in [2.05, 4.69) is 32.2 Å². The summed E-state index contributed by atoms with van der Waals surface area (Å²) in [6, 6.07) is 18.1. The second kappa shape index (κ2) is 8.86. The fraction of sp³-hybridized carbons (Fsp3) is 0.286. The summed E-state index contributed by atoms with van der Waals surface area (Å²) in [6.45, 7) is 6.64. The number of carbonyl (C=O) groups excluding carboxylic acids is 1. The molecule has 1 N–H and O–H groups in total. The maximum Gasteiger partial charge on any atom is 0.237 e. The van der Waals surface area contributed by atoms with Gasteiger partial charge in [-0.2, -0.15) is 0 Å². The molecule has 5 nitrogen and oxygen atoms in total. The lowest BCUT2D eigenvalue weighted by atomic mass is 10.1. The minimum atomic E-state index is -0.273. The molecule has 2 aromatic carbocycles. The third-order valence-electron chi connectivity index (χ3n) is 4.34. The average Bonchev–Trinajstić information content (AvgIpc) is 3.02. The van der Waals surface area contributed by atoms with Gasteiger partial charge in [0.15, 0.2) is 5.16 Å². The minimum absolute atomic E-state index is 0.0425. The Kier molecular flexibility index (Phi) is 6.29. The van der Waals surface area contributed by atoms with Gasteiger partial charge in [0, 0.05) is 12.2 Å². The van der Waals surface area contributed by atoms with Crippen molar-refractivity contribution in [2.75, 3.05) is 5.32 Å². The summed E-state index contributed by atoms with van der Waals surface area (Å²) in [4.78, 5) is 12.5. The monoisotopic (exact) mass is 380 g/mol. The van der Waals surface area contributed by atoms with Gasteiger partial charge >= 0.3 is 0 Å². The number of rotatable bonds is 7. The van der Waals surface area contributed by atoms with Crippen molar-refractivity contribution in [1.29, 1.82) is 0 Å². The lowest BCUT2D eigenvalue weighted by molar-refractivity contribution is -0.115. The van der Waals surface area contributed by atoms with Crippen LogP contribution in [0, 0.1) is 13.8 Å². The maximum atomic E-state index is 12.5. The van der Waals surface area contributed by atoms with Crippen molar-refractivity contribution in [2.24, 2.45) is 0 Å². The number of nitrogens with zero attached hydrogens (tertiary/aromatic N) is 3. The van der Waals surface area contributed by atoms with E-state index in [0.29, 0.717) is 0 Å². The molecular formula is C21H24N4OS. The van der Waals surface area contributed by atoms with Crippen molar-refractivity contribution in [3.05, 3.63) is 71.5 Å². The first-order chi connectivity index (χ1) is 13.0. The average molecular weight is 381 g/mol. The van der Waals surface area contributed by atoms with E-state index in [1.54, 1.807) is 0 Å². The molecule has 3 rings (SSSR count). The van der Waals surface area contributed by atoms with Crippen molar-refractivity contribution in [3.63, 3.8) is 0 Å². The zero-order valence-corrected chi connectivity index (χ0v) is 16.7. The zero-order chi connectivity index (χ0) is 19.2. The van der Waals surface area contributed by atoms with Gasteiger partial charge in [-0.05, 0) is 44.9 Å². The van der Waals surface area contributed by atoms with Crippen molar-refractivity contribution in [1.82, 2.24) is 14.8 Å². The summed E-state index contributed by atoms with van der Waals surface area (Å²) in [5.41, 5.74) is 3.24. The molecule has 3 aromatic rings. The van der Waals surface area contributed by atoms with Gasteiger partial charge in [-0.25, -0.2) is 0 Å². The number of thioether (sulfide) groups is 1. The Bertz CT molecular complexity index is 890. The maximum absolute atomic E-state index is 12.5. The van der Waals surface area contributed by atoms with Gasteiger partial charge < -0.3 is 9.88 Å². The van der Waals surface area contributed by atoms with Crippen molar-refractivity contribution in [2.45, 2.75) is 44.1 Å². The van der Waals surface area contributed by atoms with Crippen molar-refractivity contribution >= 4 is 23.4 Å². The Morgan fingerprint density at radius 1 is 1.07 bits per heavy atom. The molecule has 1 aromatic heterocycles. The lowest BCUT2D eigenvalue weighted by Crippen LogP contribution is -2.23. The second-order valence-electron chi connectivity index (χ2n) is 6.53. The van der Waals surface area contributed by atoms with E-state index in [-0.39, 0.29) is 11.2 Å². The Morgan fingerprint density at radius 3 is 2.48 bits per heavy atom. The molecule has 0 saturated heterocycles. The summed E-state index contributed by atoms with van der Waals surface area (Å²) in [5, 5.41) is 11.9. The number of carbonyl (C=O) groups is 1. The number of aromatic nitrogens is 3. The number of anilines is 1. The van der Waals surface area contributed by atoms with E-state index in [4.69, 9.17) is 0 Å². The molecule has 0 radical (unpaired) electrons. The SMILES string of the molecule is Cc1ccc(NC(=O)[C@@H](C)Sc2nnc(C)n2CCc2ccccc2)cc1. The smallest absolute Gasteiger partial charge is 0.237 e. The molecule has 0 aliphatic heterocycles. The Labute approximate surface area is 164 Å². The van der Waals surface area contributed by atoms with Crippen LogP contribution in [0.15, 0.2) is 59.8 Å². The molecule has 0 saturated carbocycles. The third kappa shape index (κ3) is 5.20. The Balaban J connectivity index is 1.62. The van der Waals surface area contributed by atoms with Crippen molar-refractivity contribution in [3.8, 4) is 0 Å². The molecule has 0 spiro atoms. The number of hydrogen-bond acceptors (Lipinski definition) is 4. The minimum Gasteiger partial charge on any atom is -0.325 e. The highest BCUT2D eigenvalue weighted by Gasteiger charge is 2.19. The van der Waals surface area contributed by atoms with Gasteiger partial charge in [-0.3, -0.25) is 4.79 Å². The topological polar surface area (TPSA) is 59.8 Å². The van der Waals surface area contributed by atoms with E-state index in [1.165, 1.54) is 17.3 Å². The van der Waals surface area contributed by atoms with E-state index in [1.807, 2.05) is 63.2 Å². The number of aryl methyl sites for hydroxylation is 3. The van der Waals surface area contributed by atoms with E-state index >= 15 is 0 Å². The molecule has 1 atom stereocenters. The summed E-state index contributed by atoms with van der Waals surface area (Å²) in [5.74, 6) is 0.818. The van der Waals surface area contributed by atoms with Crippen LogP contribution in [0.2, 0.25) is 0 Å². The fourth-order valence-corrected chi connectivity index (χ4v) is 3.60. The van der Waals surface area contributed by atoms with Gasteiger partial charge in [0.1, 0.15) is 5.82 Å². The normalized spacial score (nSPS) is 12.0. The van der Waals surface area contributed by atoms with Gasteiger partial charge in [-0.1, -0.05) is 59.8 Å². The summed E-state index contributed by atoms with van der Waals surface area (Å²) < 4.78 is 2.08. The van der Waals surface area contributed by atoms with Crippen LogP contribution in [0.1, 0.15) is 23.9 Å². The molecule has 0 aliphatic carbocycles. The molecule has 27 heavy (non-hydrogen) atoms. The van der Waals surface area contributed by atoms with Crippen LogP contribution in [0.5, 0.6) is 0 Å². The quantitative estimate of drug-likeness (QED) is 0.622. The van der Waals surface area contributed by atoms with Crippen LogP contribution in [0.4, 0.5) is 5.69 Å². The van der Waals surface area contributed by atoms with Gasteiger partial charge in [0.25, 0.3) is 0 Å². The summed E-state index contributed by atoms with van der Waals surface area (Å²) in [7, 11) is 0. The molecule has 1 amide bonds. The molecular weight excluding hydrogens is 356 g/mol. The van der Waals surface area contributed by atoms with Crippen LogP contribution in [-0.2, 0) is 17.8 Å². The van der Waals surface area contributed by atoms with Crippen molar-refractivity contribution < 1.29 is 4.79 Å². The standard InChI is InChI=1S/C21H24N4OS/c1-15-9-11-19(12-10-15)22-20(26)16(2)27-21-24-23-17(3)25(21)14-13-18-7-5-4-6-8-18/h4-12,16H,13-14H2,1-3H3,(H,22,26)/t16-/m1/s1. The molecule has 1 heterocycles. The van der Waals surface area contributed by atoms with Gasteiger partial charge in [0.2, 0.25) is 5.91 Å². The molecule has 0 fully saturated rings. The van der Waals surface area contributed by atoms with Crippen LogP contribution < -0.4 is 5.32 Å². The molecule has 0 aliphatic rings. The summed E-state index contributed by atoms with van der Waals surface area (Å²) >= 11 is 1.43. The molecule has 0 unspecified atom stereocenters. The highest BCUT2D eigenvalue weighted by molar-refractivity contribution is 8.00. The van der Waals surface area contributed by atoms with E-state index in [0.717, 1.165) is 35.2 Å². The van der Waals surface area contributed by atoms with E-state index < -0.39 is 0 Å². The predicted molar refractivity (Wildman–Crippen MR) is 110 cm³/mol. The first kappa shape index (κ1) is 19.2. The number of nitrogens with one attached hydrogen (secondary N) is 1. The number of hydrogen-bond donors (Lipinski definition) is 1. The highest BCUT2D eigenvalue weighted by atomic mass is 32.2. The first-order valence-corrected chi connectivity index (χ1v) is 9.89. The largest absolute Gasteiger partial charge is 0.325 e. The Hall–Kier alpha value is -2.60. The third-order valence-corrected chi connectivity index (χ3v) is 5.42. The first-order valence-electron chi connectivity index (χ1n) is 9.01. The lowest BCUT2D eigenvalue weighted by Gasteiger charge is -2.13. The van der Waals surface area contributed by atoms with Crippen LogP contribution >= 0.6 is 11.8 Å². The number of amides is 1.